The molecule has 0 bridgehead atoms. The molecule has 7 heteroatoms. The molecule has 6 nitrogen and oxygen atoms in total. The second-order valence-corrected chi connectivity index (χ2v) is 4.86. The van der Waals surface area contributed by atoms with Crippen molar-refractivity contribution in [3.05, 3.63) is 28.8 Å². The van der Waals surface area contributed by atoms with Gasteiger partial charge in [-0.15, -0.1) is 0 Å². The molecule has 114 valence electrons. The predicted molar refractivity (Wildman–Crippen MR) is 82.6 cm³/mol. The van der Waals surface area contributed by atoms with Crippen LogP contribution in [-0.2, 0) is 14.3 Å². The zero-order valence-electron chi connectivity index (χ0n) is 12.2. The number of methoxy groups -OCH3 is 1. The van der Waals surface area contributed by atoms with Gasteiger partial charge in [0.15, 0.2) is 0 Å². The lowest BCUT2D eigenvalue weighted by molar-refractivity contribution is -0.124. The maximum atomic E-state index is 11.9. The van der Waals surface area contributed by atoms with Crippen molar-refractivity contribution in [3.63, 3.8) is 0 Å². The first-order chi connectivity index (χ1) is 9.93. The van der Waals surface area contributed by atoms with Crippen LogP contribution in [0.3, 0.4) is 0 Å². The highest BCUT2D eigenvalue weighted by atomic mass is 35.5. The summed E-state index contributed by atoms with van der Waals surface area (Å²) in [5.41, 5.74) is 4.24. The Bertz CT molecular complexity index is 558. The van der Waals surface area contributed by atoms with Crippen LogP contribution in [-0.4, -0.2) is 31.2 Å². The number of benzene rings is 1. The number of amides is 2. The molecular formula is C14H18ClN3O3. The van der Waals surface area contributed by atoms with Crippen LogP contribution in [0.2, 0.25) is 5.02 Å². The number of hydrazone groups is 1. The molecule has 2 N–H and O–H groups in total. The number of rotatable bonds is 6. The number of nitrogens with zero attached hydrogens (tertiary/aromatic N) is 1. The number of halogens is 1. The Balaban J connectivity index is 2.55. The summed E-state index contributed by atoms with van der Waals surface area (Å²) in [4.78, 5) is 23.0. The highest BCUT2D eigenvalue weighted by Crippen LogP contribution is 2.22. The van der Waals surface area contributed by atoms with E-state index in [-0.39, 0.29) is 24.8 Å². The molecule has 0 aromatic heterocycles. The van der Waals surface area contributed by atoms with Gasteiger partial charge in [0.25, 0.3) is 5.91 Å². The van der Waals surface area contributed by atoms with E-state index in [0.29, 0.717) is 16.4 Å². The highest BCUT2D eigenvalue weighted by Gasteiger charge is 2.08. The zero-order chi connectivity index (χ0) is 15.8. The van der Waals surface area contributed by atoms with Crippen molar-refractivity contribution in [1.82, 2.24) is 5.43 Å². The number of carbonyl (C=O) groups is 2. The summed E-state index contributed by atoms with van der Waals surface area (Å²) in [6.07, 6.45) is 0.0687. The summed E-state index contributed by atoms with van der Waals surface area (Å²) in [5.74, 6) is -0.606. The first kappa shape index (κ1) is 17.1. The molecule has 1 aromatic carbocycles. The van der Waals surface area contributed by atoms with Gasteiger partial charge < -0.3 is 10.1 Å². The monoisotopic (exact) mass is 311 g/mol. The van der Waals surface area contributed by atoms with Crippen molar-refractivity contribution in [1.29, 1.82) is 0 Å². The maximum absolute atomic E-state index is 11.9. The fourth-order valence-electron chi connectivity index (χ4n) is 1.53. The molecule has 0 saturated heterocycles. The van der Waals surface area contributed by atoms with Crippen molar-refractivity contribution < 1.29 is 14.3 Å². The van der Waals surface area contributed by atoms with Crippen molar-refractivity contribution >= 4 is 34.8 Å². The second kappa shape index (κ2) is 8.39. The third kappa shape index (κ3) is 5.93. The Hall–Kier alpha value is -1.92. The fraction of sp³-hybridized carbons (Fsp3) is 0.357. The van der Waals surface area contributed by atoms with Crippen molar-refractivity contribution in [3.8, 4) is 0 Å². The summed E-state index contributed by atoms with van der Waals surface area (Å²) >= 11 is 5.98. The molecule has 0 aliphatic carbocycles. The Morgan fingerprint density at radius 3 is 2.71 bits per heavy atom. The number of ether oxygens (including phenoxy) is 1. The largest absolute Gasteiger partial charge is 0.375 e. The van der Waals surface area contributed by atoms with E-state index < -0.39 is 0 Å². The third-order valence-corrected chi connectivity index (χ3v) is 3.01. The van der Waals surface area contributed by atoms with Crippen LogP contribution < -0.4 is 10.7 Å². The van der Waals surface area contributed by atoms with Gasteiger partial charge in [-0.2, -0.15) is 5.10 Å². The van der Waals surface area contributed by atoms with E-state index in [4.69, 9.17) is 11.6 Å². The van der Waals surface area contributed by atoms with Crippen LogP contribution in [0, 0.1) is 6.92 Å². The number of anilines is 1. The Morgan fingerprint density at radius 1 is 1.33 bits per heavy atom. The molecule has 0 fully saturated rings. The summed E-state index contributed by atoms with van der Waals surface area (Å²) in [6.45, 7) is 3.39. The van der Waals surface area contributed by atoms with Gasteiger partial charge in [0, 0.05) is 23.5 Å². The van der Waals surface area contributed by atoms with Gasteiger partial charge in [0.05, 0.1) is 6.42 Å². The van der Waals surface area contributed by atoms with E-state index in [1.807, 2.05) is 6.92 Å². The molecular weight excluding hydrogens is 294 g/mol. The highest BCUT2D eigenvalue weighted by molar-refractivity contribution is 6.31. The molecule has 0 unspecified atom stereocenters. The summed E-state index contributed by atoms with van der Waals surface area (Å²) in [7, 11) is 1.41. The maximum Gasteiger partial charge on any atom is 0.266 e. The summed E-state index contributed by atoms with van der Waals surface area (Å²) in [6, 6.07) is 5.29. The van der Waals surface area contributed by atoms with Gasteiger partial charge in [-0.05, 0) is 31.5 Å². The molecule has 21 heavy (non-hydrogen) atoms. The van der Waals surface area contributed by atoms with E-state index >= 15 is 0 Å². The number of carbonyl (C=O) groups excluding carboxylic acids is 2. The molecule has 0 atom stereocenters. The molecule has 0 aliphatic rings. The zero-order valence-corrected chi connectivity index (χ0v) is 13.0. The van der Waals surface area contributed by atoms with Gasteiger partial charge in [0.1, 0.15) is 6.61 Å². The third-order valence-electron chi connectivity index (χ3n) is 2.61. The molecule has 1 aromatic rings. The minimum absolute atomic E-state index is 0.0687. The normalized spacial score (nSPS) is 11.1. The average molecular weight is 312 g/mol. The first-order valence-electron chi connectivity index (χ1n) is 6.30. The average Bonchev–Trinajstić information content (AvgIpc) is 2.42. The number of hydrogen-bond acceptors (Lipinski definition) is 4. The van der Waals surface area contributed by atoms with Crippen LogP contribution in [0.5, 0.6) is 0 Å². The van der Waals surface area contributed by atoms with Crippen LogP contribution in [0.25, 0.3) is 0 Å². The SMILES string of the molecule is COCC(=O)N/N=C(\C)CC(=O)Nc1cccc(Cl)c1C. The first-order valence-corrected chi connectivity index (χ1v) is 6.67. The van der Waals surface area contributed by atoms with Gasteiger partial charge in [-0.1, -0.05) is 17.7 Å². The predicted octanol–water partition coefficient (Wildman–Crippen LogP) is 2.12. The van der Waals surface area contributed by atoms with E-state index in [9.17, 15) is 9.59 Å². The van der Waals surface area contributed by atoms with Crippen LogP contribution >= 0.6 is 11.6 Å². The number of nitrogens with one attached hydrogen (secondary N) is 2. The fourth-order valence-corrected chi connectivity index (χ4v) is 1.70. The molecule has 2 amide bonds. The van der Waals surface area contributed by atoms with Gasteiger partial charge in [-0.3, -0.25) is 9.59 Å². The summed E-state index contributed by atoms with van der Waals surface area (Å²) < 4.78 is 4.65. The van der Waals surface area contributed by atoms with Gasteiger partial charge in [-0.25, -0.2) is 5.43 Å². The van der Waals surface area contributed by atoms with Gasteiger partial charge in [0.2, 0.25) is 5.91 Å². The Labute approximate surface area is 128 Å². The molecule has 0 heterocycles. The Morgan fingerprint density at radius 2 is 2.05 bits per heavy atom. The molecule has 1 rings (SSSR count). The molecule has 0 spiro atoms. The smallest absolute Gasteiger partial charge is 0.266 e. The second-order valence-electron chi connectivity index (χ2n) is 4.45. The lowest BCUT2D eigenvalue weighted by Gasteiger charge is -2.09. The lowest BCUT2D eigenvalue weighted by Crippen LogP contribution is -2.24. The molecule has 0 aliphatic heterocycles. The standard InChI is InChI=1S/C14H18ClN3O3/c1-9(17-18-14(20)8-21-3)7-13(19)16-12-6-4-5-11(15)10(12)2/h4-6H,7-8H2,1-3H3,(H,16,19)(H,18,20)/b17-9+. The number of hydrogen-bond donors (Lipinski definition) is 2. The van der Waals surface area contributed by atoms with Crippen molar-refractivity contribution in [2.24, 2.45) is 5.10 Å². The van der Waals surface area contributed by atoms with E-state index in [0.717, 1.165) is 5.56 Å². The van der Waals surface area contributed by atoms with Crippen molar-refractivity contribution in [2.75, 3.05) is 19.0 Å². The van der Waals surface area contributed by atoms with Crippen LogP contribution in [0.1, 0.15) is 18.9 Å². The van der Waals surface area contributed by atoms with Crippen LogP contribution in [0.4, 0.5) is 5.69 Å². The summed E-state index contributed by atoms with van der Waals surface area (Å²) in [5, 5.41) is 7.16. The minimum Gasteiger partial charge on any atom is -0.375 e. The molecule has 0 radical (unpaired) electrons. The Kier molecular flexibility index (Phi) is 6.84. The van der Waals surface area contributed by atoms with Crippen LogP contribution in [0.15, 0.2) is 23.3 Å². The van der Waals surface area contributed by atoms with E-state index in [1.165, 1.54) is 7.11 Å². The lowest BCUT2D eigenvalue weighted by atomic mass is 10.2. The quantitative estimate of drug-likeness (QED) is 0.624. The van der Waals surface area contributed by atoms with E-state index in [1.54, 1.807) is 25.1 Å². The van der Waals surface area contributed by atoms with Crippen molar-refractivity contribution in [2.45, 2.75) is 20.3 Å². The topological polar surface area (TPSA) is 79.8 Å². The van der Waals surface area contributed by atoms with Gasteiger partial charge >= 0.3 is 0 Å². The molecule has 0 saturated carbocycles. The van der Waals surface area contributed by atoms with E-state index in [2.05, 4.69) is 20.6 Å². The minimum atomic E-state index is -0.372.